The number of likely N-dealkylation sites (N-methyl/N-ethyl adjacent to an activating group) is 1. The van der Waals surface area contributed by atoms with E-state index in [0.29, 0.717) is 44.8 Å². The Bertz CT molecular complexity index is 1520. The van der Waals surface area contributed by atoms with Gasteiger partial charge in [0.1, 0.15) is 17.1 Å². The molecule has 0 radical (unpaired) electrons. The highest BCUT2D eigenvalue weighted by atomic mass is 16.2. The minimum absolute atomic E-state index is 0.00671. The Labute approximate surface area is 218 Å². The smallest absolute Gasteiger partial charge is 0.263 e. The summed E-state index contributed by atoms with van der Waals surface area (Å²) in [4.78, 5) is 50.6. The summed E-state index contributed by atoms with van der Waals surface area (Å²) in [5.74, 6) is 0.416. The number of likely N-dealkylation sites (tertiary alicyclic amines) is 1. The molecule has 2 amide bonds. The molecule has 2 atom stereocenters. The number of H-pyrrole nitrogens is 1. The number of nitrogens with zero attached hydrogens (tertiary/aromatic N) is 7. The molecule has 196 valence electrons. The first kappa shape index (κ1) is 24.0. The van der Waals surface area contributed by atoms with E-state index in [1.807, 2.05) is 35.1 Å². The highest BCUT2D eigenvalue weighted by Crippen LogP contribution is 2.31. The van der Waals surface area contributed by atoms with Crippen LogP contribution in [0.3, 0.4) is 0 Å². The standard InChI is InChI=1S/C26H29N9O3/c1-32-10-8-27-24(36)11-17-12-33(16-23-28-20-6-2-3-7-21(20)29-23)15-22(17)35-14-18(30-31-35)13-34-9-4-5-19(25(32)37)26(34)38/h2-7,9,14,17,22H,8,10-13,15-16H2,1H3,(H,27,36)(H,28,29)/t17-,22+/m0/s1. The summed E-state index contributed by atoms with van der Waals surface area (Å²) < 4.78 is 3.29. The number of aromatic amines is 1. The Morgan fingerprint density at radius 2 is 1.95 bits per heavy atom. The van der Waals surface area contributed by atoms with Crippen LogP contribution in [0.1, 0.15) is 34.3 Å². The Kier molecular flexibility index (Phi) is 6.24. The van der Waals surface area contributed by atoms with Crippen LogP contribution >= 0.6 is 0 Å². The number of pyridine rings is 1. The number of hydrogen-bond acceptors (Lipinski definition) is 7. The molecule has 5 heterocycles. The molecule has 1 aromatic carbocycles. The Morgan fingerprint density at radius 1 is 1.08 bits per heavy atom. The quantitative estimate of drug-likeness (QED) is 0.400. The second-order valence-corrected chi connectivity index (χ2v) is 10.0. The number of amides is 2. The van der Waals surface area contributed by atoms with Gasteiger partial charge in [-0.3, -0.25) is 19.3 Å². The predicted molar refractivity (Wildman–Crippen MR) is 138 cm³/mol. The van der Waals surface area contributed by atoms with Gasteiger partial charge < -0.3 is 19.8 Å². The number of imidazole rings is 1. The predicted octanol–water partition coefficient (Wildman–Crippen LogP) is 0.629. The molecule has 2 N–H and O–H groups in total. The third kappa shape index (κ3) is 4.70. The zero-order valence-electron chi connectivity index (χ0n) is 21.1. The van der Waals surface area contributed by atoms with Gasteiger partial charge in [0.15, 0.2) is 0 Å². The van der Waals surface area contributed by atoms with E-state index >= 15 is 0 Å². The minimum atomic E-state index is -0.384. The number of para-hydroxylation sites is 2. The van der Waals surface area contributed by atoms with E-state index < -0.39 is 0 Å². The summed E-state index contributed by atoms with van der Waals surface area (Å²) >= 11 is 0. The van der Waals surface area contributed by atoms with Gasteiger partial charge in [-0.25, -0.2) is 9.67 Å². The van der Waals surface area contributed by atoms with Crippen molar-refractivity contribution in [2.75, 3.05) is 33.2 Å². The molecule has 0 spiro atoms. The molecule has 2 aliphatic heterocycles. The molecule has 1 saturated heterocycles. The first-order chi connectivity index (χ1) is 18.4. The lowest BCUT2D eigenvalue weighted by Crippen LogP contribution is -2.39. The number of hydrogen-bond donors (Lipinski definition) is 2. The Morgan fingerprint density at radius 3 is 2.82 bits per heavy atom. The van der Waals surface area contributed by atoms with Crippen molar-refractivity contribution < 1.29 is 9.59 Å². The molecule has 4 bridgehead atoms. The van der Waals surface area contributed by atoms with Crippen LogP contribution in [-0.2, 0) is 17.9 Å². The molecule has 38 heavy (non-hydrogen) atoms. The lowest BCUT2D eigenvalue weighted by Gasteiger charge is -2.20. The molecular weight excluding hydrogens is 486 g/mol. The Balaban J connectivity index is 1.28. The topological polar surface area (TPSA) is 134 Å². The number of rotatable bonds is 2. The van der Waals surface area contributed by atoms with Gasteiger partial charge in [0.2, 0.25) is 5.91 Å². The summed E-state index contributed by atoms with van der Waals surface area (Å²) in [6.07, 6.45) is 3.81. The summed E-state index contributed by atoms with van der Waals surface area (Å²) in [7, 11) is 1.63. The number of fused-ring (bicyclic) bond motifs is 7. The van der Waals surface area contributed by atoms with E-state index in [1.54, 1.807) is 19.3 Å². The van der Waals surface area contributed by atoms with Gasteiger partial charge in [0, 0.05) is 51.8 Å². The van der Waals surface area contributed by atoms with Crippen molar-refractivity contribution in [1.82, 2.24) is 44.6 Å². The van der Waals surface area contributed by atoms with Crippen LogP contribution < -0.4 is 10.9 Å². The lowest BCUT2D eigenvalue weighted by molar-refractivity contribution is -0.122. The van der Waals surface area contributed by atoms with Gasteiger partial charge in [-0.2, -0.15) is 0 Å². The van der Waals surface area contributed by atoms with E-state index in [2.05, 4.69) is 25.5 Å². The van der Waals surface area contributed by atoms with Gasteiger partial charge in [-0.1, -0.05) is 17.3 Å². The van der Waals surface area contributed by atoms with Crippen molar-refractivity contribution >= 4 is 22.8 Å². The van der Waals surface area contributed by atoms with E-state index in [0.717, 1.165) is 16.9 Å². The van der Waals surface area contributed by atoms with Crippen LogP contribution in [0.25, 0.3) is 11.0 Å². The first-order valence-electron chi connectivity index (χ1n) is 12.7. The maximum Gasteiger partial charge on any atom is 0.263 e. The molecule has 0 aliphatic carbocycles. The molecule has 0 unspecified atom stereocenters. The van der Waals surface area contributed by atoms with Crippen molar-refractivity contribution in [1.29, 1.82) is 0 Å². The fourth-order valence-corrected chi connectivity index (χ4v) is 5.39. The molecule has 2 aliphatic rings. The van der Waals surface area contributed by atoms with E-state index in [4.69, 9.17) is 4.98 Å². The lowest BCUT2D eigenvalue weighted by atomic mass is 9.99. The maximum absolute atomic E-state index is 13.0. The largest absolute Gasteiger partial charge is 0.354 e. The molecule has 6 rings (SSSR count). The first-order valence-corrected chi connectivity index (χ1v) is 12.7. The van der Waals surface area contributed by atoms with Gasteiger partial charge in [0.25, 0.3) is 11.5 Å². The summed E-state index contributed by atoms with van der Waals surface area (Å²) in [5.41, 5.74) is 2.23. The molecule has 4 aromatic rings. The van der Waals surface area contributed by atoms with Crippen molar-refractivity contribution in [2.24, 2.45) is 5.92 Å². The average molecular weight is 516 g/mol. The zero-order chi connectivity index (χ0) is 26.2. The van der Waals surface area contributed by atoms with Crippen LogP contribution in [0, 0.1) is 5.92 Å². The van der Waals surface area contributed by atoms with Gasteiger partial charge in [0.05, 0.1) is 36.4 Å². The summed E-state index contributed by atoms with van der Waals surface area (Å²) in [5, 5.41) is 11.6. The molecular formula is C26H29N9O3. The SMILES string of the molecule is CN1CCNC(=O)C[C@H]2CN(Cc3nc4ccccc4[nH]3)C[C@H]2n2cc(nn2)Cn2cccc(c2=O)C1=O. The van der Waals surface area contributed by atoms with Gasteiger partial charge in [-0.15, -0.1) is 5.10 Å². The minimum Gasteiger partial charge on any atom is -0.354 e. The number of carbonyl (C=O) groups excluding carboxylic acids is 2. The second-order valence-electron chi connectivity index (χ2n) is 10.0. The van der Waals surface area contributed by atoms with Crippen LogP contribution in [0.15, 0.2) is 53.6 Å². The maximum atomic E-state index is 13.0. The van der Waals surface area contributed by atoms with Crippen molar-refractivity contribution in [3.63, 3.8) is 0 Å². The number of aromatic nitrogens is 6. The van der Waals surface area contributed by atoms with Crippen LogP contribution in [-0.4, -0.2) is 84.4 Å². The monoisotopic (exact) mass is 515 g/mol. The zero-order valence-corrected chi connectivity index (χ0v) is 21.1. The normalized spacial score (nSPS) is 21.0. The van der Waals surface area contributed by atoms with Crippen molar-refractivity contribution in [3.05, 3.63) is 76.2 Å². The molecule has 1 fully saturated rings. The van der Waals surface area contributed by atoms with Crippen LogP contribution in [0.5, 0.6) is 0 Å². The van der Waals surface area contributed by atoms with Crippen molar-refractivity contribution in [3.8, 4) is 0 Å². The van der Waals surface area contributed by atoms with Crippen LogP contribution in [0.4, 0.5) is 0 Å². The molecule has 0 saturated carbocycles. The Hall–Kier alpha value is -4.32. The number of benzene rings is 1. The van der Waals surface area contributed by atoms with E-state index in [1.165, 1.54) is 15.5 Å². The highest BCUT2D eigenvalue weighted by Gasteiger charge is 2.36. The van der Waals surface area contributed by atoms with Crippen LogP contribution in [0.2, 0.25) is 0 Å². The molecule has 12 nitrogen and oxygen atoms in total. The second kappa shape index (κ2) is 9.86. The van der Waals surface area contributed by atoms with E-state index in [9.17, 15) is 14.4 Å². The van der Waals surface area contributed by atoms with E-state index in [-0.39, 0.29) is 41.4 Å². The van der Waals surface area contributed by atoms with Gasteiger partial charge in [-0.05, 0) is 24.3 Å². The number of nitrogens with one attached hydrogen (secondary N) is 2. The fourth-order valence-electron chi connectivity index (χ4n) is 5.39. The fraction of sp³-hybridized carbons (Fsp3) is 0.385. The number of carbonyl (C=O) groups is 2. The average Bonchev–Trinajstić information content (AvgIpc) is 3.62. The summed E-state index contributed by atoms with van der Waals surface area (Å²) in [6.45, 7) is 2.81. The van der Waals surface area contributed by atoms with Gasteiger partial charge >= 0.3 is 0 Å². The highest BCUT2D eigenvalue weighted by molar-refractivity contribution is 5.93. The third-order valence-corrected chi connectivity index (χ3v) is 7.34. The molecule has 3 aromatic heterocycles. The molecule has 12 heteroatoms. The third-order valence-electron chi connectivity index (χ3n) is 7.34. The summed E-state index contributed by atoms with van der Waals surface area (Å²) in [6, 6.07) is 11.1. The van der Waals surface area contributed by atoms with Crippen molar-refractivity contribution in [2.45, 2.75) is 25.6 Å².